The Morgan fingerprint density at radius 1 is 1.15 bits per heavy atom. The van der Waals surface area contributed by atoms with E-state index in [1.165, 1.54) is 24.3 Å². The third-order valence-electron chi connectivity index (χ3n) is 3.12. The lowest BCUT2D eigenvalue weighted by Crippen LogP contribution is -2.21. The second kappa shape index (κ2) is 7.81. The van der Waals surface area contributed by atoms with Crippen LogP contribution in [0.3, 0.4) is 0 Å². The van der Waals surface area contributed by atoms with E-state index in [-0.39, 0.29) is 23.5 Å². The summed E-state index contributed by atoms with van der Waals surface area (Å²) in [7, 11) is 0. The quantitative estimate of drug-likeness (QED) is 0.474. The zero-order valence-corrected chi connectivity index (χ0v) is 13.0. The molecule has 6 nitrogen and oxygen atoms in total. The van der Waals surface area contributed by atoms with Gasteiger partial charge in [0.1, 0.15) is 11.6 Å². The molecule has 1 N–H and O–H groups in total. The summed E-state index contributed by atoms with van der Waals surface area (Å²) in [6, 6.07) is 7.86. The highest BCUT2D eigenvalue weighted by atomic mass is 19.4. The van der Waals surface area contributed by atoms with Gasteiger partial charge in [-0.3, -0.25) is 14.9 Å². The highest BCUT2D eigenvalue weighted by Crippen LogP contribution is 2.27. The van der Waals surface area contributed by atoms with Gasteiger partial charge in [0.25, 0.3) is 5.69 Å². The minimum absolute atomic E-state index is 0.151. The van der Waals surface area contributed by atoms with Crippen LogP contribution in [0.1, 0.15) is 5.56 Å². The van der Waals surface area contributed by atoms with Crippen LogP contribution in [-0.4, -0.2) is 23.6 Å². The largest absolute Gasteiger partial charge is 0.482 e. The molecule has 0 saturated carbocycles. The van der Waals surface area contributed by atoms with E-state index in [4.69, 9.17) is 0 Å². The maximum absolute atomic E-state index is 13.3. The Morgan fingerprint density at radius 3 is 2.38 bits per heavy atom. The van der Waals surface area contributed by atoms with E-state index >= 15 is 0 Å². The van der Waals surface area contributed by atoms with Crippen LogP contribution < -0.4 is 10.1 Å². The molecular formula is C16H12F4N2O4. The molecule has 0 aromatic heterocycles. The van der Waals surface area contributed by atoms with E-state index in [9.17, 15) is 32.5 Å². The molecule has 2 aromatic rings. The van der Waals surface area contributed by atoms with Gasteiger partial charge in [-0.05, 0) is 17.7 Å². The summed E-state index contributed by atoms with van der Waals surface area (Å²) in [5.41, 5.74) is 0.0329. The first-order chi connectivity index (χ1) is 12.1. The van der Waals surface area contributed by atoms with Gasteiger partial charge in [-0.2, -0.15) is 13.2 Å². The second-order valence-electron chi connectivity index (χ2n) is 5.19. The number of carbonyl (C=O) groups is 1. The first-order valence-corrected chi connectivity index (χ1v) is 7.16. The van der Waals surface area contributed by atoms with Gasteiger partial charge in [0.2, 0.25) is 5.91 Å². The summed E-state index contributed by atoms with van der Waals surface area (Å²) in [4.78, 5) is 22.0. The predicted molar refractivity (Wildman–Crippen MR) is 83.4 cm³/mol. The molecule has 10 heteroatoms. The standard InChI is InChI=1S/C16H12F4N2O4/c17-11-3-6-14(26-9-16(18,19)20)13(8-11)21-15(23)7-10-1-4-12(5-2-10)22(24)25/h1-6,8H,7,9H2,(H,21,23). The number of hydrogen-bond acceptors (Lipinski definition) is 4. The summed E-state index contributed by atoms with van der Waals surface area (Å²) in [6.45, 7) is -1.59. The third-order valence-corrected chi connectivity index (χ3v) is 3.12. The molecule has 2 rings (SSSR count). The Hall–Kier alpha value is -3.17. The van der Waals surface area contributed by atoms with Crippen LogP contribution in [0, 0.1) is 15.9 Å². The average Bonchev–Trinajstić information content (AvgIpc) is 2.53. The van der Waals surface area contributed by atoms with Gasteiger partial charge >= 0.3 is 6.18 Å². The number of alkyl halides is 3. The highest BCUT2D eigenvalue weighted by Gasteiger charge is 2.29. The molecule has 1 amide bonds. The summed E-state index contributed by atoms with van der Waals surface area (Å²) in [5.74, 6) is -1.75. The van der Waals surface area contributed by atoms with Crippen molar-refractivity contribution in [1.29, 1.82) is 0 Å². The SMILES string of the molecule is O=C(Cc1ccc([N+](=O)[O-])cc1)Nc1cc(F)ccc1OCC(F)(F)F. The Labute approximate surface area is 144 Å². The highest BCUT2D eigenvalue weighted by molar-refractivity contribution is 5.93. The summed E-state index contributed by atoms with van der Waals surface area (Å²) in [6.07, 6.45) is -4.80. The fraction of sp³-hybridized carbons (Fsp3) is 0.188. The van der Waals surface area contributed by atoms with Gasteiger partial charge < -0.3 is 10.1 Å². The first kappa shape index (κ1) is 19.2. The Morgan fingerprint density at radius 2 is 1.81 bits per heavy atom. The van der Waals surface area contributed by atoms with Crippen LogP contribution in [0.5, 0.6) is 5.75 Å². The molecular weight excluding hydrogens is 360 g/mol. The number of carbonyl (C=O) groups excluding carboxylic acids is 1. The van der Waals surface area contributed by atoms with E-state index in [0.717, 1.165) is 18.2 Å². The van der Waals surface area contributed by atoms with Gasteiger partial charge in [0.15, 0.2) is 6.61 Å². The Balaban J connectivity index is 2.07. The van der Waals surface area contributed by atoms with Crippen LogP contribution in [0.4, 0.5) is 28.9 Å². The van der Waals surface area contributed by atoms with Crippen molar-refractivity contribution in [3.05, 3.63) is 64.0 Å². The molecule has 26 heavy (non-hydrogen) atoms. The van der Waals surface area contributed by atoms with Crippen molar-refractivity contribution in [2.75, 3.05) is 11.9 Å². The van der Waals surface area contributed by atoms with Crippen LogP contribution in [0.2, 0.25) is 0 Å². The number of ether oxygens (including phenoxy) is 1. The average molecular weight is 372 g/mol. The molecule has 0 fully saturated rings. The smallest absolute Gasteiger partial charge is 0.422 e. The second-order valence-corrected chi connectivity index (χ2v) is 5.19. The van der Waals surface area contributed by atoms with Crippen molar-refractivity contribution in [3.8, 4) is 5.75 Å². The fourth-order valence-corrected chi connectivity index (χ4v) is 2.00. The zero-order valence-electron chi connectivity index (χ0n) is 13.0. The van der Waals surface area contributed by atoms with Crippen LogP contribution in [-0.2, 0) is 11.2 Å². The third kappa shape index (κ3) is 5.72. The molecule has 0 aliphatic carbocycles. The van der Waals surface area contributed by atoms with E-state index in [2.05, 4.69) is 10.1 Å². The molecule has 0 spiro atoms. The van der Waals surface area contributed by atoms with Crippen LogP contribution in [0.25, 0.3) is 0 Å². The minimum atomic E-state index is -4.59. The van der Waals surface area contributed by atoms with E-state index in [1.807, 2.05) is 0 Å². The number of anilines is 1. The maximum Gasteiger partial charge on any atom is 0.422 e. The lowest BCUT2D eigenvalue weighted by Gasteiger charge is -2.14. The lowest BCUT2D eigenvalue weighted by atomic mass is 10.1. The number of non-ortho nitro benzene ring substituents is 1. The number of benzene rings is 2. The Kier molecular flexibility index (Phi) is 5.75. The molecule has 0 radical (unpaired) electrons. The number of rotatable bonds is 6. The molecule has 0 aliphatic heterocycles. The maximum atomic E-state index is 13.3. The summed E-state index contributed by atoms with van der Waals surface area (Å²) < 4.78 is 54.7. The number of nitro groups is 1. The van der Waals surface area contributed by atoms with Crippen molar-refractivity contribution >= 4 is 17.3 Å². The fourth-order valence-electron chi connectivity index (χ4n) is 2.00. The summed E-state index contributed by atoms with van der Waals surface area (Å²) in [5, 5.41) is 12.8. The number of nitrogens with zero attached hydrogens (tertiary/aromatic N) is 1. The van der Waals surface area contributed by atoms with Gasteiger partial charge in [-0.25, -0.2) is 4.39 Å². The number of amides is 1. The first-order valence-electron chi connectivity index (χ1n) is 7.16. The molecule has 138 valence electrons. The number of hydrogen-bond donors (Lipinski definition) is 1. The van der Waals surface area contributed by atoms with Crippen LogP contribution >= 0.6 is 0 Å². The zero-order chi connectivity index (χ0) is 19.3. The van der Waals surface area contributed by atoms with Crippen LogP contribution in [0.15, 0.2) is 42.5 Å². The topological polar surface area (TPSA) is 81.5 Å². The van der Waals surface area contributed by atoms with Crippen molar-refractivity contribution in [2.45, 2.75) is 12.6 Å². The van der Waals surface area contributed by atoms with Gasteiger partial charge in [0, 0.05) is 18.2 Å². The Bertz CT molecular complexity index is 807. The lowest BCUT2D eigenvalue weighted by molar-refractivity contribution is -0.384. The van der Waals surface area contributed by atoms with E-state index < -0.39 is 29.4 Å². The summed E-state index contributed by atoms with van der Waals surface area (Å²) >= 11 is 0. The van der Waals surface area contributed by atoms with Crippen molar-refractivity contribution < 1.29 is 32.0 Å². The number of nitro benzene ring substituents is 1. The van der Waals surface area contributed by atoms with Gasteiger partial charge in [-0.1, -0.05) is 12.1 Å². The molecule has 0 atom stereocenters. The minimum Gasteiger partial charge on any atom is -0.482 e. The van der Waals surface area contributed by atoms with E-state index in [0.29, 0.717) is 5.56 Å². The molecule has 2 aromatic carbocycles. The number of halogens is 4. The number of nitrogens with one attached hydrogen (secondary N) is 1. The normalized spacial score (nSPS) is 11.1. The van der Waals surface area contributed by atoms with Crippen molar-refractivity contribution in [2.24, 2.45) is 0 Å². The molecule has 0 heterocycles. The molecule has 0 saturated heterocycles. The van der Waals surface area contributed by atoms with Crippen molar-refractivity contribution in [1.82, 2.24) is 0 Å². The van der Waals surface area contributed by atoms with Crippen molar-refractivity contribution in [3.63, 3.8) is 0 Å². The molecule has 0 aliphatic rings. The molecule has 0 bridgehead atoms. The van der Waals surface area contributed by atoms with Gasteiger partial charge in [-0.15, -0.1) is 0 Å². The van der Waals surface area contributed by atoms with E-state index in [1.54, 1.807) is 0 Å². The van der Waals surface area contributed by atoms with Gasteiger partial charge in [0.05, 0.1) is 17.0 Å². The molecule has 0 unspecified atom stereocenters. The monoisotopic (exact) mass is 372 g/mol. The predicted octanol–water partition coefficient (Wildman–Crippen LogP) is 3.86.